The largest absolute Gasteiger partial charge is 0.273 e. The Labute approximate surface area is 166 Å². The van der Waals surface area contributed by atoms with Crippen LogP contribution in [0.3, 0.4) is 0 Å². The summed E-state index contributed by atoms with van der Waals surface area (Å²) in [6, 6.07) is 28.5. The van der Waals surface area contributed by atoms with Crippen molar-refractivity contribution in [1.29, 1.82) is 0 Å². The van der Waals surface area contributed by atoms with E-state index in [2.05, 4.69) is 30.3 Å². The number of nitrogens with zero attached hydrogens (tertiary/aromatic N) is 2. The number of thioether (sulfide) groups is 1. The van der Waals surface area contributed by atoms with Crippen molar-refractivity contribution < 1.29 is 4.79 Å². The predicted molar refractivity (Wildman–Crippen MR) is 113 cm³/mol. The molecule has 0 spiro atoms. The summed E-state index contributed by atoms with van der Waals surface area (Å²) in [5.74, 6) is 0.676. The van der Waals surface area contributed by atoms with Crippen LogP contribution in [0.2, 0.25) is 0 Å². The lowest BCUT2D eigenvalue weighted by molar-refractivity contribution is 0.0886. The lowest BCUT2D eigenvalue weighted by Gasteiger charge is -2.27. The van der Waals surface area contributed by atoms with Crippen LogP contribution in [-0.2, 0) is 4.75 Å². The molecule has 3 nitrogen and oxygen atoms in total. The van der Waals surface area contributed by atoms with Gasteiger partial charge in [-0.2, -0.15) is 0 Å². The van der Waals surface area contributed by atoms with Gasteiger partial charge in [0.15, 0.2) is 0 Å². The molecular weight excluding hydrogens is 364 g/mol. The van der Waals surface area contributed by atoms with E-state index in [4.69, 9.17) is 4.98 Å². The maximum atomic E-state index is 13.6. The van der Waals surface area contributed by atoms with Crippen LogP contribution in [0.4, 0.5) is 0 Å². The van der Waals surface area contributed by atoms with Gasteiger partial charge in [0, 0.05) is 4.91 Å². The minimum absolute atomic E-state index is 0.103. The molecule has 0 saturated carbocycles. The third-order valence-corrected chi connectivity index (χ3v) is 7.25. The Morgan fingerprint density at radius 1 is 0.857 bits per heavy atom. The molecule has 2 aliphatic rings. The van der Waals surface area contributed by atoms with E-state index in [-0.39, 0.29) is 11.8 Å². The molecule has 2 aliphatic heterocycles. The van der Waals surface area contributed by atoms with Crippen LogP contribution >= 0.6 is 11.8 Å². The molecule has 0 N–H and O–H groups in total. The van der Waals surface area contributed by atoms with Gasteiger partial charge in [0.2, 0.25) is 5.91 Å². The highest BCUT2D eigenvalue weighted by Gasteiger charge is 2.59. The molecule has 0 radical (unpaired) electrons. The molecule has 4 heteroatoms. The number of carbonyl (C=O) groups is 1. The van der Waals surface area contributed by atoms with E-state index in [9.17, 15) is 4.79 Å². The first-order chi connectivity index (χ1) is 13.8. The van der Waals surface area contributed by atoms with E-state index in [0.29, 0.717) is 0 Å². The minimum Gasteiger partial charge on any atom is -0.273 e. The summed E-state index contributed by atoms with van der Waals surface area (Å²) < 4.78 is 1.31. The second-order valence-corrected chi connectivity index (χ2v) is 8.46. The van der Waals surface area contributed by atoms with Crippen molar-refractivity contribution in [3.8, 4) is 0 Å². The average Bonchev–Trinajstić information content (AvgIpc) is 3.40. The van der Waals surface area contributed by atoms with Gasteiger partial charge < -0.3 is 0 Å². The summed E-state index contributed by atoms with van der Waals surface area (Å²) >= 11 is 1.75. The van der Waals surface area contributed by atoms with Crippen LogP contribution in [0.25, 0.3) is 15.9 Å². The molecule has 0 bridgehead atoms. The molecule has 1 aromatic heterocycles. The quantitative estimate of drug-likeness (QED) is 0.471. The SMILES string of the molecule is O=C1[C@@H]2C=C(c3ccccc3)S[C@@]2(c2ccccc2)c2nc3ccccc3n21. The standard InChI is InChI=1S/C24H16N2OS/c27-22-18-15-21(16-9-3-1-4-10-16)28-24(18,17-11-5-2-6-12-17)23-25-19-13-7-8-14-20(19)26(22)23/h1-15,18H/t18-,24+/m0/s1. The van der Waals surface area contributed by atoms with E-state index in [1.54, 1.807) is 11.8 Å². The number of para-hydroxylation sites is 2. The highest BCUT2D eigenvalue weighted by Crippen LogP contribution is 2.62. The van der Waals surface area contributed by atoms with Gasteiger partial charge in [0.25, 0.3) is 0 Å². The van der Waals surface area contributed by atoms with Crippen molar-refractivity contribution in [2.75, 3.05) is 0 Å². The summed E-state index contributed by atoms with van der Waals surface area (Å²) in [4.78, 5) is 19.7. The number of allylic oxidation sites excluding steroid dienone is 1. The van der Waals surface area contributed by atoms with Crippen molar-refractivity contribution >= 4 is 33.6 Å². The molecule has 0 amide bonds. The smallest absolute Gasteiger partial charge is 0.241 e. The topological polar surface area (TPSA) is 34.9 Å². The van der Waals surface area contributed by atoms with Crippen LogP contribution in [0.5, 0.6) is 0 Å². The number of hydrogen-bond acceptors (Lipinski definition) is 3. The Balaban J connectivity index is 1.63. The van der Waals surface area contributed by atoms with E-state index >= 15 is 0 Å². The second-order valence-electron chi connectivity index (χ2n) is 7.18. The minimum atomic E-state index is -0.525. The third-order valence-electron chi connectivity index (χ3n) is 5.67. The molecule has 6 rings (SSSR count). The van der Waals surface area contributed by atoms with Crippen LogP contribution in [0.1, 0.15) is 21.7 Å². The zero-order valence-corrected chi connectivity index (χ0v) is 15.8. The number of carbonyl (C=O) groups excluding carboxylic acids is 1. The first-order valence-electron chi connectivity index (χ1n) is 9.33. The molecule has 0 aliphatic carbocycles. The van der Waals surface area contributed by atoms with Crippen molar-refractivity contribution in [3.05, 3.63) is 108 Å². The van der Waals surface area contributed by atoms with Crippen molar-refractivity contribution in [2.24, 2.45) is 5.92 Å². The zero-order valence-electron chi connectivity index (χ0n) is 14.9. The molecule has 0 unspecified atom stereocenters. The second kappa shape index (κ2) is 5.69. The van der Waals surface area contributed by atoms with Gasteiger partial charge in [-0.25, -0.2) is 4.98 Å². The number of rotatable bonds is 2. The lowest BCUT2D eigenvalue weighted by Crippen LogP contribution is -2.28. The molecule has 134 valence electrons. The van der Waals surface area contributed by atoms with Gasteiger partial charge in [-0.15, -0.1) is 11.8 Å². The number of hydrogen-bond donors (Lipinski definition) is 0. The van der Waals surface area contributed by atoms with Crippen molar-refractivity contribution in [1.82, 2.24) is 9.55 Å². The first-order valence-corrected chi connectivity index (χ1v) is 10.1. The summed E-state index contributed by atoms with van der Waals surface area (Å²) in [6.07, 6.45) is 2.14. The average molecular weight is 380 g/mol. The number of imidazole rings is 1. The fourth-order valence-electron chi connectivity index (χ4n) is 4.42. The normalized spacial score (nSPS) is 22.9. The van der Waals surface area contributed by atoms with Gasteiger partial charge in [-0.3, -0.25) is 9.36 Å². The predicted octanol–water partition coefficient (Wildman–Crippen LogP) is 5.34. The molecule has 4 aromatic rings. The number of fused-ring (bicyclic) bond motifs is 5. The Morgan fingerprint density at radius 2 is 1.54 bits per heavy atom. The molecular formula is C24H16N2OS. The number of aromatic nitrogens is 2. The van der Waals surface area contributed by atoms with Gasteiger partial charge >= 0.3 is 0 Å². The number of benzene rings is 3. The fourth-order valence-corrected chi connectivity index (χ4v) is 6.00. The Hall–Kier alpha value is -3.11. The summed E-state index contributed by atoms with van der Waals surface area (Å²) in [6.45, 7) is 0. The van der Waals surface area contributed by atoms with Gasteiger partial charge in [0.1, 0.15) is 10.6 Å². The van der Waals surface area contributed by atoms with Crippen LogP contribution < -0.4 is 0 Å². The Kier molecular flexibility index (Phi) is 3.23. The zero-order chi connectivity index (χ0) is 18.7. The summed E-state index contributed by atoms with van der Waals surface area (Å²) in [7, 11) is 0. The van der Waals surface area contributed by atoms with Gasteiger partial charge in [0.05, 0.1) is 17.0 Å². The molecule has 2 atom stereocenters. The van der Waals surface area contributed by atoms with Gasteiger partial charge in [-0.05, 0) is 23.3 Å². The van der Waals surface area contributed by atoms with Crippen LogP contribution in [0.15, 0.2) is 91.0 Å². The highest BCUT2D eigenvalue weighted by atomic mass is 32.2. The van der Waals surface area contributed by atoms with E-state index < -0.39 is 4.75 Å². The highest BCUT2D eigenvalue weighted by molar-refractivity contribution is 8.09. The fraction of sp³-hybridized carbons (Fsp3) is 0.0833. The molecule has 3 aromatic carbocycles. The molecule has 0 fully saturated rings. The van der Waals surface area contributed by atoms with Crippen molar-refractivity contribution in [3.63, 3.8) is 0 Å². The maximum absolute atomic E-state index is 13.6. The molecule has 28 heavy (non-hydrogen) atoms. The van der Waals surface area contributed by atoms with Crippen molar-refractivity contribution in [2.45, 2.75) is 4.75 Å². The molecule has 0 saturated heterocycles. The van der Waals surface area contributed by atoms with Crippen LogP contribution in [0, 0.1) is 5.92 Å². The monoisotopic (exact) mass is 380 g/mol. The lowest BCUT2D eigenvalue weighted by atomic mass is 9.86. The van der Waals surface area contributed by atoms with E-state index in [1.165, 1.54) is 0 Å². The van der Waals surface area contributed by atoms with E-state index in [1.807, 2.05) is 65.2 Å². The van der Waals surface area contributed by atoms with Gasteiger partial charge in [-0.1, -0.05) is 78.9 Å². The molecule has 3 heterocycles. The third kappa shape index (κ3) is 1.96. The van der Waals surface area contributed by atoms with Crippen LogP contribution in [-0.4, -0.2) is 15.5 Å². The Bertz CT molecular complexity index is 1260. The first kappa shape index (κ1) is 15.9. The van der Waals surface area contributed by atoms with E-state index in [0.717, 1.165) is 32.9 Å². The summed E-state index contributed by atoms with van der Waals surface area (Å²) in [5.41, 5.74) is 4.03. The summed E-state index contributed by atoms with van der Waals surface area (Å²) in [5, 5.41) is 0. The maximum Gasteiger partial charge on any atom is 0.241 e. The Morgan fingerprint density at radius 3 is 2.32 bits per heavy atom.